The number of fused-ring (bicyclic) bond motifs is 1. The van der Waals surface area contributed by atoms with Crippen LogP contribution >= 0.6 is 11.6 Å². The van der Waals surface area contributed by atoms with Gasteiger partial charge in [-0.1, -0.05) is 11.6 Å². The van der Waals surface area contributed by atoms with Crippen molar-refractivity contribution >= 4 is 33.0 Å². The summed E-state index contributed by atoms with van der Waals surface area (Å²) in [6, 6.07) is 1.60. The van der Waals surface area contributed by atoms with Crippen molar-refractivity contribution in [1.82, 2.24) is 19.6 Å². The minimum atomic E-state index is -2.96. The Morgan fingerprint density at radius 2 is 2.37 bits per heavy atom. The Bertz CT molecular complexity index is 714. The summed E-state index contributed by atoms with van der Waals surface area (Å²) in [5.74, 6) is 1.24. The van der Waals surface area contributed by atoms with E-state index in [4.69, 9.17) is 11.6 Å². The standard InChI is InChI=1S/C10H12ClN5O2S/c11-8-4-9(16-10(15-8)13-6-14-16)12-5-7-2-1-3-19(7,17)18/h4,6-7,12H,1-3,5H2. The van der Waals surface area contributed by atoms with Crippen LogP contribution in [0.3, 0.4) is 0 Å². The lowest BCUT2D eigenvalue weighted by Gasteiger charge is -2.12. The number of anilines is 1. The number of sulfone groups is 1. The van der Waals surface area contributed by atoms with E-state index >= 15 is 0 Å². The summed E-state index contributed by atoms with van der Waals surface area (Å²) in [7, 11) is -2.96. The number of nitrogens with zero attached hydrogens (tertiary/aromatic N) is 4. The van der Waals surface area contributed by atoms with Gasteiger partial charge < -0.3 is 5.32 Å². The van der Waals surface area contributed by atoms with E-state index in [2.05, 4.69) is 20.4 Å². The van der Waals surface area contributed by atoms with Crippen LogP contribution in [0.1, 0.15) is 12.8 Å². The molecule has 0 saturated carbocycles. The van der Waals surface area contributed by atoms with Crippen LogP contribution in [0.25, 0.3) is 5.78 Å². The van der Waals surface area contributed by atoms with Crippen LogP contribution < -0.4 is 5.32 Å². The summed E-state index contributed by atoms with van der Waals surface area (Å²) in [4.78, 5) is 7.95. The quantitative estimate of drug-likeness (QED) is 0.842. The number of halogens is 1. The van der Waals surface area contributed by atoms with Crippen molar-refractivity contribution in [3.63, 3.8) is 0 Å². The molecule has 0 spiro atoms. The van der Waals surface area contributed by atoms with E-state index in [1.165, 1.54) is 10.8 Å². The van der Waals surface area contributed by atoms with Gasteiger partial charge in [0.15, 0.2) is 9.84 Å². The SMILES string of the molecule is O=S1(=O)CCCC1CNc1cc(Cl)nc2ncnn12. The first-order valence-electron chi connectivity index (χ1n) is 5.88. The summed E-state index contributed by atoms with van der Waals surface area (Å²) in [6.07, 6.45) is 2.79. The molecule has 19 heavy (non-hydrogen) atoms. The number of aromatic nitrogens is 4. The second kappa shape index (κ2) is 4.61. The molecule has 0 aromatic carbocycles. The smallest absolute Gasteiger partial charge is 0.255 e. The van der Waals surface area contributed by atoms with E-state index in [-0.39, 0.29) is 16.2 Å². The molecule has 7 nitrogen and oxygen atoms in total. The van der Waals surface area contributed by atoms with Gasteiger partial charge >= 0.3 is 0 Å². The Kier molecular flexibility index (Phi) is 3.06. The van der Waals surface area contributed by atoms with Crippen LogP contribution in [0, 0.1) is 0 Å². The molecule has 1 fully saturated rings. The molecule has 2 aromatic rings. The zero-order valence-corrected chi connectivity index (χ0v) is 11.5. The normalized spacial score (nSPS) is 21.8. The molecule has 2 aromatic heterocycles. The first-order chi connectivity index (χ1) is 9.06. The first kappa shape index (κ1) is 12.6. The molecule has 3 heterocycles. The Hall–Kier alpha value is -1.41. The van der Waals surface area contributed by atoms with Gasteiger partial charge in [-0.25, -0.2) is 8.42 Å². The van der Waals surface area contributed by atoms with Gasteiger partial charge in [0, 0.05) is 12.6 Å². The van der Waals surface area contributed by atoms with Crippen LogP contribution in [-0.4, -0.2) is 45.5 Å². The van der Waals surface area contributed by atoms with Gasteiger partial charge in [0.2, 0.25) is 0 Å². The van der Waals surface area contributed by atoms with E-state index in [9.17, 15) is 8.42 Å². The van der Waals surface area contributed by atoms with Gasteiger partial charge in [-0.3, -0.25) is 0 Å². The molecule has 1 aliphatic rings. The first-order valence-corrected chi connectivity index (χ1v) is 7.97. The molecular weight excluding hydrogens is 290 g/mol. The predicted molar refractivity (Wildman–Crippen MR) is 71.1 cm³/mol. The second-order valence-electron chi connectivity index (χ2n) is 4.45. The van der Waals surface area contributed by atoms with Crippen molar-refractivity contribution in [2.24, 2.45) is 0 Å². The van der Waals surface area contributed by atoms with E-state index in [1.54, 1.807) is 6.07 Å². The maximum absolute atomic E-state index is 11.8. The predicted octanol–water partition coefficient (Wildman–Crippen LogP) is 0.767. The van der Waals surface area contributed by atoms with Gasteiger partial charge in [0.1, 0.15) is 17.3 Å². The fourth-order valence-electron chi connectivity index (χ4n) is 2.22. The number of hydrogen-bond donors (Lipinski definition) is 1. The molecule has 0 amide bonds. The highest BCUT2D eigenvalue weighted by atomic mass is 35.5. The zero-order valence-electron chi connectivity index (χ0n) is 9.95. The van der Waals surface area contributed by atoms with Crippen molar-refractivity contribution in [3.8, 4) is 0 Å². The molecule has 1 saturated heterocycles. The maximum atomic E-state index is 11.8. The summed E-state index contributed by atoms with van der Waals surface area (Å²) in [5, 5.41) is 7.02. The summed E-state index contributed by atoms with van der Waals surface area (Å²) in [6.45, 7) is 0.345. The minimum absolute atomic E-state index is 0.273. The third-order valence-corrected chi connectivity index (χ3v) is 5.66. The lowest BCUT2D eigenvalue weighted by Crippen LogP contribution is -2.25. The Balaban J connectivity index is 1.84. The van der Waals surface area contributed by atoms with Crippen molar-refractivity contribution in [3.05, 3.63) is 17.5 Å². The highest BCUT2D eigenvalue weighted by Gasteiger charge is 2.31. The molecule has 1 aliphatic heterocycles. The van der Waals surface area contributed by atoms with Gasteiger partial charge in [0.05, 0.1) is 11.0 Å². The van der Waals surface area contributed by atoms with E-state index in [0.717, 1.165) is 6.42 Å². The highest BCUT2D eigenvalue weighted by molar-refractivity contribution is 7.92. The third-order valence-electron chi connectivity index (χ3n) is 3.19. The Morgan fingerprint density at radius 3 is 3.11 bits per heavy atom. The minimum Gasteiger partial charge on any atom is -0.369 e. The number of hydrogen-bond acceptors (Lipinski definition) is 6. The summed E-state index contributed by atoms with van der Waals surface area (Å²) in [5.41, 5.74) is 0. The number of nitrogens with one attached hydrogen (secondary N) is 1. The number of rotatable bonds is 3. The Morgan fingerprint density at radius 1 is 1.53 bits per heavy atom. The van der Waals surface area contributed by atoms with Gasteiger partial charge in [-0.15, -0.1) is 0 Å². The lowest BCUT2D eigenvalue weighted by atomic mass is 10.2. The fraction of sp³-hybridized carbons (Fsp3) is 0.500. The van der Waals surface area contributed by atoms with Crippen LogP contribution in [0.2, 0.25) is 5.15 Å². The summed E-state index contributed by atoms with van der Waals surface area (Å²) < 4.78 is 25.0. The fourth-order valence-corrected chi connectivity index (χ4v) is 4.16. The molecule has 3 rings (SSSR count). The maximum Gasteiger partial charge on any atom is 0.255 e. The topological polar surface area (TPSA) is 89.2 Å². The molecule has 1 atom stereocenters. The van der Waals surface area contributed by atoms with Crippen LogP contribution in [0.4, 0.5) is 5.82 Å². The second-order valence-corrected chi connectivity index (χ2v) is 7.24. The third kappa shape index (κ3) is 2.37. The van der Waals surface area contributed by atoms with Crippen molar-refractivity contribution in [2.45, 2.75) is 18.1 Å². The van der Waals surface area contributed by atoms with Crippen LogP contribution in [-0.2, 0) is 9.84 Å². The van der Waals surface area contributed by atoms with Crippen LogP contribution in [0.15, 0.2) is 12.4 Å². The van der Waals surface area contributed by atoms with Crippen molar-refractivity contribution < 1.29 is 8.42 Å². The molecule has 0 bridgehead atoms. The van der Waals surface area contributed by atoms with Gasteiger partial charge in [-0.2, -0.15) is 19.6 Å². The average Bonchev–Trinajstić information content (AvgIpc) is 2.92. The molecule has 0 aliphatic carbocycles. The van der Waals surface area contributed by atoms with E-state index < -0.39 is 9.84 Å². The van der Waals surface area contributed by atoms with Crippen molar-refractivity contribution in [2.75, 3.05) is 17.6 Å². The van der Waals surface area contributed by atoms with Gasteiger partial charge in [0.25, 0.3) is 5.78 Å². The Labute approximate surface area is 114 Å². The molecule has 1 unspecified atom stereocenters. The zero-order chi connectivity index (χ0) is 13.5. The van der Waals surface area contributed by atoms with E-state index in [1.807, 2.05) is 0 Å². The van der Waals surface area contributed by atoms with Crippen LogP contribution in [0.5, 0.6) is 0 Å². The largest absolute Gasteiger partial charge is 0.369 e. The molecule has 102 valence electrons. The highest BCUT2D eigenvalue weighted by Crippen LogP contribution is 2.21. The lowest BCUT2D eigenvalue weighted by molar-refractivity contribution is 0.591. The summed E-state index contributed by atoms with van der Waals surface area (Å²) >= 11 is 5.88. The monoisotopic (exact) mass is 301 g/mol. The molecule has 1 N–H and O–H groups in total. The molecule has 9 heteroatoms. The van der Waals surface area contributed by atoms with Gasteiger partial charge in [-0.05, 0) is 12.8 Å². The van der Waals surface area contributed by atoms with E-state index in [0.29, 0.717) is 24.6 Å². The average molecular weight is 302 g/mol. The molecule has 0 radical (unpaired) electrons. The molecular formula is C10H12ClN5O2S. The van der Waals surface area contributed by atoms with Crippen molar-refractivity contribution in [1.29, 1.82) is 0 Å².